The number of aromatic nitrogens is 6. The summed E-state index contributed by atoms with van der Waals surface area (Å²) in [6.07, 6.45) is 3.35. The Bertz CT molecular complexity index is 1320. The number of hydrogen-bond donors (Lipinski definition) is 1. The Balaban J connectivity index is 1.65. The molecule has 2 heterocycles. The number of hydrogen-bond acceptors (Lipinski definition) is 5. The summed E-state index contributed by atoms with van der Waals surface area (Å²) in [5, 5.41) is 14.6. The second-order valence-electron chi connectivity index (χ2n) is 8.17. The number of nitrogens with zero attached hydrogens (tertiary/aromatic N) is 5. The first-order valence-electron chi connectivity index (χ1n) is 11.5. The van der Waals surface area contributed by atoms with Crippen LogP contribution in [0, 0.1) is 0 Å². The number of unbranched alkanes of at least 4 members (excludes halogenated alkanes) is 1. The van der Waals surface area contributed by atoms with E-state index in [2.05, 4.69) is 20.6 Å². The fourth-order valence-electron chi connectivity index (χ4n) is 4.03. The van der Waals surface area contributed by atoms with Crippen LogP contribution < -0.4 is 5.69 Å². The van der Waals surface area contributed by atoms with E-state index >= 15 is 0 Å². The quantitative estimate of drug-likeness (QED) is 0.365. The predicted molar refractivity (Wildman–Crippen MR) is 132 cm³/mol. The molecule has 0 radical (unpaired) electrons. The fraction of sp³-hybridized carbons (Fsp3) is 0.320. The standard InChI is InChI=1S/C25H27ClN6O2/c1-3-5-11-22(33)32-23(26)21(8-4-2)31(25(32)34)16-17-12-14-18(15-13-17)19-9-6-7-10-20(19)24-27-29-30-28-24/h6-7,9-10,12-15H,3-5,8,11,16H2,1-2H3,(H,27,28,29,30). The van der Waals surface area contributed by atoms with E-state index in [1.54, 1.807) is 4.57 Å². The van der Waals surface area contributed by atoms with Crippen LogP contribution in [0.25, 0.3) is 22.5 Å². The van der Waals surface area contributed by atoms with E-state index in [-0.39, 0.29) is 16.8 Å². The molecule has 0 aliphatic carbocycles. The van der Waals surface area contributed by atoms with Gasteiger partial charge in [-0.05, 0) is 34.7 Å². The van der Waals surface area contributed by atoms with E-state index in [4.69, 9.17) is 11.6 Å². The van der Waals surface area contributed by atoms with Crippen LogP contribution in [-0.2, 0) is 13.0 Å². The van der Waals surface area contributed by atoms with Gasteiger partial charge in [0, 0.05) is 12.0 Å². The van der Waals surface area contributed by atoms with Gasteiger partial charge >= 0.3 is 5.69 Å². The van der Waals surface area contributed by atoms with Gasteiger partial charge in [0.2, 0.25) is 11.7 Å². The van der Waals surface area contributed by atoms with Gasteiger partial charge in [-0.3, -0.25) is 9.36 Å². The van der Waals surface area contributed by atoms with Gasteiger partial charge in [-0.25, -0.2) is 9.36 Å². The first-order valence-corrected chi connectivity index (χ1v) is 11.9. The van der Waals surface area contributed by atoms with Gasteiger partial charge in [-0.1, -0.05) is 86.8 Å². The number of halogens is 1. The molecule has 2 aromatic carbocycles. The summed E-state index contributed by atoms with van der Waals surface area (Å²) in [6, 6.07) is 15.8. The lowest BCUT2D eigenvalue weighted by Crippen LogP contribution is -2.29. The lowest BCUT2D eigenvalue weighted by Gasteiger charge is -2.10. The molecule has 8 nitrogen and oxygen atoms in total. The Hall–Kier alpha value is -3.52. The van der Waals surface area contributed by atoms with Gasteiger partial charge in [-0.15, -0.1) is 10.2 Å². The highest BCUT2D eigenvalue weighted by atomic mass is 35.5. The van der Waals surface area contributed by atoms with Crippen molar-refractivity contribution < 1.29 is 4.79 Å². The minimum Gasteiger partial charge on any atom is -0.290 e. The molecule has 0 fully saturated rings. The number of tetrazole rings is 1. The smallest absolute Gasteiger partial charge is 0.290 e. The number of rotatable bonds is 9. The van der Waals surface area contributed by atoms with Crippen molar-refractivity contribution in [2.75, 3.05) is 0 Å². The molecular formula is C25H27ClN6O2. The molecule has 0 atom stereocenters. The zero-order valence-corrected chi connectivity index (χ0v) is 20.0. The van der Waals surface area contributed by atoms with Crippen molar-refractivity contribution in [2.45, 2.75) is 52.5 Å². The first-order chi connectivity index (χ1) is 16.5. The van der Waals surface area contributed by atoms with Crippen molar-refractivity contribution in [3.05, 3.63) is 75.4 Å². The van der Waals surface area contributed by atoms with Crippen LogP contribution in [0.3, 0.4) is 0 Å². The molecule has 0 saturated heterocycles. The Morgan fingerprint density at radius 1 is 1.03 bits per heavy atom. The maximum atomic E-state index is 13.2. The van der Waals surface area contributed by atoms with Crippen molar-refractivity contribution in [1.82, 2.24) is 29.8 Å². The topological polar surface area (TPSA) is 98.5 Å². The molecule has 4 aromatic rings. The number of carbonyl (C=O) groups is 1. The summed E-state index contributed by atoms with van der Waals surface area (Å²) in [7, 11) is 0. The maximum absolute atomic E-state index is 13.2. The summed E-state index contributed by atoms with van der Waals surface area (Å²) >= 11 is 6.53. The van der Waals surface area contributed by atoms with E-state index in [0.717, 1.165) is 46.1 Å². The Kier molecular flexibility index (Phi) is 7.37. The molecule has 9 heteroatoms. The van der Waals surface area contributed by atoms with Gasteiger partial charge in [-0.2, -0.15) is 5.21 Å². The van der Waals surface area contributed by atoms with Crippen molar-refractivity contribution in [3.63, 3.8) is 0 Å². The molecule has 4 rings (SSSR count). The Morgan fingerprint density at radius 3 is 2.41 bits per heavy atom. The lowest BCUT2D eigenvalue weighted by atomic mass is 9.98. The SMILES string of the molecule is CCCCC(=O)n1c(Cl)c(CCC)n(Cc2ccc(-c3ccccc3-c3nn[nH]n3)cc2)c1=O. The predicted octanol–water partition coefficient (Wildman–Crippen LogP) is 4.98. The molecule has 0 amide bonds. The molecule has 0 bridgehead atoms. The highest BCUT2D eigenvalue weighted by molar-refractivity contribution is 6.31. The molecule has 0 spiro atoms. The summed E-state index contributed by atoms with van der Waals surface area (Å²) < 4.78 is 2.76. The van der Waals surface area contributed by atoms with Crippen LogP contribution in [0.4, 0.5) is 0 Å². The van der Waals surface area contributed by atoms with Gasteiger partial charge in [0.25, 0.3) is 0 Å². The Morgan fingerprint density at radius 2 is 1.76 bits per heavy atom. The molecule has 0 unspecified atom stereocenters. The van der Waals surface area contributed by atoms with Gasteiger partial charge in [0.15, 0.2) is 0 Å². The molecule has 0 aliphatic heterocycles. The van der Waals surface area contributed by atoms with E-state index in [1.807, 2.05) is 62.4 Å². The normalized spacial score (nSPS) is 11.1. The average molecular weight is 479 g/mol. The van der Waals surface area contributed by atoms with Gasteiger partial charge in [0.05, 0.1) is 12.2 Å². The van der Waals surface area contributed by atoms with Gasteiger partial charge < -0.3 is 0 Å². The van der Waals surface area contributed by atoms with E-state index in [9.17, 15) is 9.59 Å². The number of imidazole rings is 1. The third kappa shape index (κ3) is 4.72. The minimum absolute atomic E-state index is 0.235. The molecule has 0 saturated carbocycles. The third-order valence-electron chi connectivity index (χ3n) is 5.78. The lowest BCUT2D eigenvalue weighted by molar-refractivity contribution is 0.0895. The van der Waals surface area contributed by atoms with Crippen LogP contribution in [0.2, 0.25) is 5.15 Å². The number of nitrogens with one attached hydrogen (secondary N) is 1. The number of H-pyrrole nitrogens is 1. The summed E-state index contributed by atoms with van der Waals surface area (Å²) in [5.41, 5.74) is 4.12. The molecule has 2 aromatic heterocycles. The largest absolute Gasteiger partial charge is 0.336 e. The van der Waals surface area contributed by atoms with Crippen LogP contribution in [0.15, 0.2) is 53.3 Å². The highest BCUT2D eigenvalue weighted by Gasteiger charge is 2.22. The van der Waals surface area contributed by atoms with Crippen LogP contribution in [-0.4, -0.2) is 35.7 Å². The molecular weight excluding hydrogens is 452 g/mol. The van der Waals surface area contributed by atoms with E-state index in [1.165, 1.54) is 0 Å². The summed E-state index contributed by atoms with van der Waals surface area (Å²) in [5.74, 6) is 0.278. The molecule has 0 aliphatic rings. The number of carbonyl (C=O) groups excluding carboxylic acids is 1. The summed E-state index contributed by atoms with van der Waals surface area (Å²) in [6.45, 7) is 4.38. The van der Waals surface area contributed by atoms with Gasteiger partial charge in [0.1, 0.15) is 5.15 Å². The molecule has 34 heavy (non-hydrogen) atoms. The van der Waals surface area contributed by atoms with E-state index < -0.39 is 0 Å². The molecule has 176 valence electrons. The van der Waals surface area contributed by atoms with Crippen molar-refractivity contribution in [1.29, 1.82) is 0 Å². The first kappa shape index (κ1) is 23.6. The van der Waals surface area contributed by atoms with Crippen molar-refractivity contribution in [3.8, 4) is 22.5 Å². The molecule has 1 N–H and O–H groups in total. The highest BCUT2D eigenvalue weighted by Crippen LogP contribution is 2.30. The minimum atomic E-state index is -0.374. The average Bonchev–Trinajstić information content (AvgIpc) is 3.47. The fourth-order valence-corrected chi connectivity index (χ4v) is 4.40. The third-order valence-corrected chi connectivity index (χ3v) is 6.17. The maximum Gasteiger partial charge on any atom is 0.336 e. The zero-order chi connectivity index (χ0) is 24.1. The van der Waals surface area contributed by atoms with Crippen LogP contribution >= 0.6 is 11.6 Å². The summed E-state index contributed by atoms with van der Waals surface area (Å²) in [4.78, 5) is 25.8. The van der Waals surface area contributed by atoms with Crippen LogP contribution in [0.5, 0.6) is 0 Å². The Labute approximate surface area is 202 Å². The second-order valence-corrected chi connectivity index (χ2v) is 8.52. The monoisotopic (exact) mass is 478 g/mol. The van der Waals surface area contributed by atoms with E-state index in [0.29, 0.717) is 30.9 Å². The van der Waals surface area contributed by atoms with Crippen LogP contribution in [0.1, 0.15) is 55.6 Å². The second kappa shape index (κ2) is 10.6. The van der Waals surface area contributed by atoms with Crippen molar-refractivity contribution >= 4 is 17.5 Å². The number of benzene rings is 2. The number of aromatic amines is 1. The zero-order valence-electron chi connectivity index (χ0n) is 19.3. The van der Waals surface area contributed by atoms with Crippen molar-refractivity contribution in [2.24, 2.45) is 0 Å².